The van der Waals surface area contributed by atoms with Crippen LogP contribution < -0.4 is 11.1 Å². The number of hydrogen-bond acceptors (Lipinski definition) is 4. The normalized spacial score (nSPS) is 13.0. The molecule has 0 saturated heterocycles. The Morgan fingerprint density at radius 1 is 1.42 bits per heavy atom. The highest BCUT2D eigenvalue weighted by molar-refractivity contribution is 5.87. The minimum absolute atomic E-state index is 0. The Kier molecular flexibility index (Phi) is 7.18. The molecule has 0 saturated carbocycles. The highest BCUT2D eigenvalue weighted by Crippen LogP contribution is 2.20. The van der Waals surface area contributed by atoms with Crippen molar-refractivity contribution in [2.75, 3.05) is 7.11 Å². The highest BCUT2D eigenvalue weighted by Gasteiger charge is 2.23. The first kappa shape index (κ1) is 19.9. The van der Waals surface area contributed by atoms with Crippen LogP contribution in [0.15, 0.2) is 24.4 Å². The second-order valence-corrected chi connectivity index (χ2v) is 5.53. The van der Waals surface area contributed by atoms with E-state index in [9.17, 15) is 14.0 Å². The quantitative estimate of drug-likeness (QED) is 0.685. The fraction of sp³-hybridized carbons (Fsp3) is 0.375. The summed E-state index contributed by atoms with van der Waals surface area (Å²) in [6.45, 7) is 1.71. The molecule has 24 heavy (non-hydrogen) atoms. The summed E-state index contributed by atoms with van der Waals surface area (Å²) in [5, 5.41) is 3.43. The number of benzene rings is 1. The summed E-state index contributed by atoms with van der Waals surface area (Å²) in [6.07, 6.45) is 2.05. The van der Waals surface area contributed by atoms with Gasteiger partial charge in [-0.2, -0.15) is 0 Å². The predicted octanol–water partition coefficient (Wildman–Crippen LogP) is 1.67. The molecule has 0 spiro atoms. The fourth-order valence-corrected chi connectivity index (χ4v) is 2.43. The molecule has 0 aliphatic rings. The van der Waals surface area contributed by atoms with Crippen molar-refractivity contribution in [3.05, 3.63) is 35.8 Å². The first-order valence-corrected chi connectivity index (χ1v) is 7.29. The minimum Gasteiger partial charge on any atom is -0.467 e. The highest BCUT2D eigenvalue weighted by atomic mass is 35.5. The van der Waals surface area contributed by atoms with E-state index in [1.807, 2.05) is 0 Å². The Morgan fingerprint density at radius 2 is 2.12 bits per heavy atom. The van der Waals surface area contributed by atoms with Gasteiger partial charge in [0.25, 0.3) is 0 Å². The number of halogens is 2. The van der Waals surface area contributed by atoms with E-state index in [1.54, 1.807) is 19.2 Å². The van der Waals surface area contributed by atoms with E-state index >= 15 is 0 Å². The number of methoxy groups -OCH3 is 1. The maximum absolute atomic E-state index is 13.2. The second-order valence-electron chi connectivity index (χ2n) is 5.53. The lowest BCUT2D eigenvalue weighted by Crippen LogP contribution is -2.44. The lowest BCUT2D eigenvalue weighted by molar-refractivity contribution is -0.145. The van der Waals surface area contributed by atoms with E-state index in [1.165, 1.54) is 19.2 Å². The van der Waals surface area contributed by atoms with Crippen LogP contribution >= 0.6 is 12.4 Å². The summed E-state index contributed by atoms with van der Waals surface area (Å²) in [4.78, 5) is 26.7. The van der Waals surface area contributed by atoms with E-state index in [2.05, 4.69) is 10.3 Å². The number of nitrogens with two attached hydrogens (primary N) is 1. The molecule has 0 aliphatic carbocycles. The molecule has 1 amide bonds. The molecule has 1 aromatic carbocycles. The van der Waals surface area contributed by atoms with Crippen molar-refractivity contribution in [3.8, 4) is 0 Å². The van der Waals surface area contributed by atoms with E-state index in [0.29, 0.717) is 5.52 Å². The monoisotopic (exact) mass is 357 g/mol. The number of ether oxygens (including phenoxy) is 1. The molecule has 1 aromatic heterocycles. The van der Waals surface area contributed by atoms with E-state index < -0.39 is 12.0 Å². The molecule has 132 valence electrons. The smallest absolute Gasteiger partial charge is 0.328 e. The summed E-state index contributed by atoms with van der Waals surface area (Å²) in [5.74, 6) is -1.21. The van der Waals surface area contributed by atoms with Gasteiger partial charge in [0.2, 0.25) is 5.91 Å². The first-order chi connectivity index (χ1) is 10.9. The summed E-state index contributed by atoms with van der Waals surface area (Å²) in [7, 11) is 1.26. The minimum atomic E-state index is -0.824. The number of fused-ring (bicyclic) bond motifs is 1. The van der Waals surface area contributed by atoms with Crippen LogP contribution in [0.2, 0.25) is 0 Å². The third-order valence-corrected chi connectivity index (χ3v) is 3.48. The molecular formula is C16H21ClFN3O3. The van der Waals surface area contributed by atoms with E-state index in [-0.39, 0.29) is 43.0 Å². The molecular weight excluding hydrogens is 337 g/mol. The number of carbonyl (C=O) groups is 2. The van der Waals surface area contributed by atoms with Crippen molar-refractivity contribution >= 4 is 35.2 Å². The number of aromatic nitrogens is 1. The first-order valence-electron chi connectivity index (χ1n) is 7.29. The van der Waals surface area contributed by atoms with Gasteiger partial charge in [-0.25, -0.2) is 9.18 Å². The van der Waals surface area contributed by atoms with Crippen LogP contribution in [-0.2, 0) is 20.7 Å². The zero-order chi connectivity index (χ0) is 17.0. The summed E-state index contributed by atoms with van der Waals surface area (Å²) < 4.78 is 18.0. The van der Waals surface area contributed by atoms with Gasteiger partial charge >= 0.3 is 5.97 Å². The molecule has 0 fully saturated rings. The number of hydrogen-bond donors (Lipinski definition) is 3. The molecule has 4 N–H and O–H groups in total. The lowest BCUT2D eigenvalue weighted by atomic mass is 10.0. The topological polar surface area (TPSA) is 97.2 Å². The van der Waals surface area contributed by atoms with Crippen LogP contribution in [0.5, 0.6) is 0 Å². The van der Waals surface area contributed by atoms with Crippen LogP contribution in [0.4, 0.5) is 4.39 Å². The molecule has 6 nitrogen and oxygen atoms in total. The molecule has 2 unspecified atom stereocenters. The molecule has 2 atom stereocenters. The Morgan fingerprint density at radius 3 is 2.75 bits per heavy atom. The van der Waals surface area contributed by atoms with Crippen LogP contribution in [-0.4, -0.2) is 36.1 Å². The van der Waals surface area contributed by atoms with Gasteiger partial charge < -0.3 is 20.8 Å². The van der Waals surface area contributed by atoms with Gasteiger partial charge in [-0.3, -0.25) is 4.79 Å². The number of nitrogens with one attached hydrogen (secondary N) is 2. The largest absolute Gasteiger partial charge is 0.467 e. The van der Waals surface area contributed by atoms with Crippen molar-refractivity contribution in [3.63, 3.8) is 0 Å². The molecule has 8 heteroatoms. The molecule has 2 aromatic rings. The maximum atomic E-state index is 13.2. The maximum Gasteiger partial charge on any atom is 0.328 e. The molecule has 1 heterocycles. The number of rotatable bonds is 6. The van der Waals surface area contributed by atoms with Gasteiger partial charge in [-0.15, -0.1) is 12.4 Å². The fourth-order valence-electron chi connectivity index (χ4n) is 2.43. The lowest BCUT2D eigenvalue weighted by Gasteiger charge is -2.17. The van der Waals surface area contributed by atoms with Gasteiger partial charge in [0.1, 0.15) is 11.9 Å². The molecule has 0 radical (unpaired) electrons. The Bertz CT molecular complexity index is 718. The van der Waals surface area contributed by atoms with Gasteiger partial charge in [0.05, 0.1) is 7.11 Å². The van der Waals surface area contributed by atoms with Crippen molar-refractivity contribution < 1.29 is 18.7 Å². The number of aromatic amines is 1. The van der Waals surface area contributed by atoms with Gasteiger partial charge in [-0.05, 0) is 30.7 Å². The average Bonchev–Trinajstić information content (AvgIpc) is 2.87. The molecule has 0 aliphatic heterocycles. The number of amides is 1. The third kappa shape index (κ3) is 4.94. The Hall–Kier alpha value is -2.12. The third-order valence-electron chi connectivity index (χ3n) is 3.48. The summed E-state index contributed by atoms with van der Waals surface area (Å²) in [6, 6.07) is 3.23. The van der Waals surface area contributed by atoms with E-state index in [4.69, 9.17) is 10.5 Å². The van der Waals surface area contributed by atoms with Gasteiger partial charge in [0, 0.05) is 36.0 Å². The van der Waals surface area contributed by atoms with Crippen LogP contribution in [0.1, 0.15) is 18.9 Å². The Balaban J connectivity index is 0.00000288. The molecule has 2 rings (SSSR count). The van der Waals surface area contributed by atoms with Crippen molar-refractivity contribution in [1.82, 2.24) is 10.3 Å². The number of carbonyl (C=O) groups excluding carboxylic acids is 2. The standard InChI is InChI=1S/C16H20FN3O3.ClH/c1-9(18)5-15(21)20-14(16(22)23-2)6-10-8-19-13-7-11(17)3-4-12(10)13;/h3-4,7-9,14,19H,5-6,18H2,1-2H3,(H,20,21);1H. The second kappa shape index (κ2) is 8.65. The SMILES string of the molecule is COC(=O)C(Cc1c[nH]c2cc(F)ccc12)NC(=O)CC(C)N.Cl. The summed E-state index contributed by atoms with van der Waals surface area (Å²) >= 11 is 0. The predicted molar refractivity (Wildman–Crippen MR) is 91.4 cm³/mol. The summed E-state index contributed by atoms with van der Waals surface area (Å²) in [5.41, 5.74) is 7.00. The van der Waals surface area contributed by atoms with Crippen molar-refractivity contribution in [2.45, 2.75) is 31.8 Å². The van der Waals surface area contributed by atoms with Gasteiger partial charge in [-0.1, -0.05) is 0 Å². The number of esters is 1. The average molecular weight is 358 g/mol. The van der Waals surface area contributed by atoms with Gasteiger partial charge in [0.15, 0.2) is 0 Å². The van der Waals surface area contributed by atoms with E-state index in [0.717, 1.165) is 10.9 Å². The molecule has 0 bridgehead atoms. The van der Waals surface area contributed by atoms with Crippen LogP contribution in [0.3, 0.4) is 0 Å². The van der Waals surface area contributed by atoms with Crippen LogP contribution in [0.25, 0.3) is 10.9 Å². The zero-order valence-corrected chi connectivity index (χ0v) is 14.3. The van der Waals surface area contributed by atoms with Crippen LogP contribution in [0, 0.1) is 5.82 Å². The van der Waals surface area contributed by atoms with Crippen molar-refractivity contribution in [2.24, 2.45) is 5.73 Å². The zero-order valence-electron chi connectivity index (χ0n) is 13.5. The number of H-pyrrole nitrogens is 1. The van der Waals surface area contributed by atoms with Crippen molar-refractivity contribution in [1.29, 1.82) is 0 Å². The Labute approximate surface area is 145 Å².